The quantitative estimate of drug-likeness (QED) is 0.540. The van der Waals surface area contributed by atoms with Crippen LogP contribution < -0.4 is 10.6 Å². The fraction of sp³-hybridized carbons (Fsp3) is 0.867. The van der Waals surface area contributed by atoms with Crippen LogP contribution in [0.3, 0.4) is 0 Å². The summed E-state index contributed by atoms with van der Waals surface area (Å²) in [6.07, 6.45) is 2.97. The number of amides is 2. The summed E-state index contributed by atoms with van der Waals surface area (Å²) in [5, 5.41) is 14.4. The molecule has 0 saturated heterocycles. The highest BCUT2D eigenvalue weighted by Gasteiger charge is 2.15. The van der Waals surface area contributed by atoms with Gasteiger partial charge in [0, 0.05) is 19.5 Å². The van der Waals surface area contributed by atoms with Gasteiger partial charge < -0.3 is 15.7 Å². The molecule has 0 bridgehead atoms. The number of carboxylic acids is 1. The second-order valence-corrected chi connectivity index (χ2v) is 6.27. The molecule has 0 fully saturated rings. The number of rotatable bonds is 10. The van der Waals surface area contributed by atoms with E-state index in [9.17, 15) is 9.59 Å². The third kappa shape index (κ3) is 11.8. The zero-order valence-electron chi connectivity index (χ0n) is 13.2. The van der Waals surface area contributed by atoms with E-state index in [1.54, 1.807) is 0 Å². The van der Waals surface area contributed by atoms with Gasteiger partial charge in [-0.2, -0.15) is 0 Å². The van der Waals surface area contributed by atoms with Gasteiger partial charge in [0.05, 0.1) is 0 Å². The molecule has 0 heterocycles. The summed E-state index contributed by atoms with van der Waals surface area (Å²) in [4.78, 5) is 22.4. The fourth-order valence-corrected chi connectivity index (χ4v) is 2.16. The van der Waals surface area contributed by atoms with Crippen LogP contribution in [0, 0.1) is 17.8 Å². The van der Waals surface area contributed by atoms with Crippen molar-refractivity contribution in [3.8, 4) is 0 Å². The van der Waals surface area contributed by atoms with Crippen LogP contribution in [0.4, 0.5) is 4.79 Å². The number of nitrogens with one attached hydrogen (secondary N) is 2. The number of carbonyl (C=O) groups excluding carboxylic acids is 1. The van der Waals surface area contributed by atoms with E-state index in [0.29, 0.717) is 24.9 Å². The average molecular weight is 286 g/mol. The molecule has 0 spiro atoms. The van der Waals surface area contributed by atoms with Gasteiger partial charge in [-0.3, -0.25) is 4.79 Å². The van der Waals surface area contributed by atoms with Crippen molar-refractivity contribution in [2.75, 3.05) is 13.1 Å². The molecule has 2 amide bonds. The van der Waals surface area contributed by atoms with Crippen LogP contribution in [0.5, 0.6) is 0 Å². The first-order valence-electron chi connectivity index (χ1n) is 7.54. The third-order valence-corrected chi connectivity index (χ3v) is 3.06. The number of hydrogen-bond acceptors (Lipinski definition) is 2. The Labute approximate surface area is 122 Å². The van der Waals surface area contributed by atoms with Gasteiger partial charge in [-0.25, -0.2) is 4.79 Å². The van der Waals surface area contributed by atoms with Gasteiger partial charge in [0.2, 0.25) is 0 Å². The van der Waals surface area contributed by atoms with Gasteiger partial charge in [-0.1, -0.05) is 27.7 Å². The summed E-state index contributed by atoms with van der Waals surface area (Å²) in [5.74, 6) is 0.254. The first-order chi connectivity index (χ1) is 9.31. The Morgan fingerprint density at radius 1 is 1.05 bits per heavy atom. The lowest BCUT2D eigenvalue weighted by Gasteiger charge is -2.18. The fourth-order valence-electron chi connectivity index (χ4n) is 2.16. The van der Waals surface area contributed by atoms with Crippen molar-refractivity contribution in [3.05, 3.63) is 0 Å². The van der Waals surface area contributed by atoms with Crippen LogP contribution in [0.2, 0.25) is 0 Å². The van der Waals surface area contributed by atoms with Crippen LogP contribution in [0.25, 0.3) is 0 Å². The zero-order valence-corrected chi connectivity index (χ0v) is 13.2. The van der Waals surface area contributed by atoms with Crippen LogP contribution in [-0.4, -0.2) is 30.2 Å². The van der Waals surface area contributed by atoms with Crippen LogP contribution in [-0.2, 0) is 4.79 Å². The molecule has 0 radical (unpaired) electrons. The van der Waals surface area contributed by atoms with Crippen molar-refractivity contribution in [2.45, 2.75) is 53.4 Å². The predicted octanol–water partition coefficient (Wildman–Crippen LogP) is 2.86. The zero-order chi connectivity index (χ0) is 15.5. The van der Waals surface area contributed by atoms with Gasteiger partial charge in [0.25, 0.3) is 0 Å². The highest BCUT2D eigenvalue weighted by Crippen LogP contribution is 2.14. The number of hydrogen-bond donors (Lipinski definition) is 3. The summed E-state index contributed by atoms with van der Waals surface area (Å²) in [6, 6.07) is -0.201. The van der Waals surface area contributed by atoms with Gasteiger partial charge in [0.15, 0.2) is 0 Å². The lowest BCUT2D eigenvalue weighted by Crippen LogP contribution is -2.39. The monoisotopic (exact) mass is 286 g/mol. The van der Waals surface area contributed by atoms with E-state index in [1.165, 1.54) is 0 Å². The molecule has 0 aliphatic carbocycles. The van der Waals surface area contributed by atoms with Gasteiger partial charge >= 0.3 is 12.0 Å². The van der Waals surface area contributed by atoms with E-state index in [-0.39, 0.29) is 18.4 Å². The molecule has 0 rings (SSSR count). The second kappa shape index (κ2) is 10.5. The molecule has 0 aliphatic heterocycles. The number of aliphatic carboxylic acids is 1. The highest BCUT2D eigenvalue weighted by atomic mass is 16.4. The summed E-state index contributed by atoms with van der Waals surface area (Å²) in [6.45, 7) is 9.50. The topological polar surface area (TPSA) is 78.4 Å². The first kappa shape index (κ1) is 18.7. The minimum Gasteiger partial charge on any atom is -0.481 e. The highest BCUT2D eigenvalue weighted by molar-refractivity contribution is 5.74. The van der Waals surface area contributed by atoms with Gasteiger partial charge in [-0.05, 0) is 37.0 Å². The van der Waals surface area contributed by atoms with E-state index >= 15 is 0 Å². The molecular formula is C15H30N2O3. The van der Waals surface area contributed by atoms with Crippen molar-refractivity contribution >= 4 is 12.0 Å². The maximum atomic E-state index is 11.6. The van der Waals surface area contributed by atoms with Crippen molar-refractivity contribution in [1.82, 2.24) is 10.6 Å². The van der Waals surface area contributed by atoms with E-state index in [0.717, 1.165) is 19.3 Å². The Hall–Kier alpha value is -1.26. The first-order valence-corrected chi connectivity index (χ1v) is 7.54. The molecule has 5 heteroatoms. The Morgan fingerprint density at radius 3 is 2.20 bits per heavy atom. The molecule has 20 heavy (non-hydrogen) atoms. The largest absolute Gasteiger partial charge is 0.481 e. The predicted molar refractivity (Wildman–Crippen MR) is 80.7 cm³/mol. The Bertz CT molecular complexity index is 291. The van der Waals surface area contributed by atoms with Crippen molar-refractivity contribution in [3.63, 3.8) is 0 Å². The molecule has 0 unspecified atom stereocenters. The molecule has 0 aromatic heterocycles. The van der Waals surface area contributed by atoms with E-state index < -0.39 is 5.97 Å². The average Bonchev–Trinajstić information content (AvgIpc) is 2.30. The molecular weight excluding hydrogens is 256 g/mol. The maximum absolute atomic E-state index is 11.6. The second-order valence-electron chi connectivity index (χ2n) is 6.27. The minimum atomic E-state index is -0.810. The van der Waals surface area contributed by atoms with Crippen LogP contribution >= 0.6 is 0 Å². The lowest BCUT2D eigenvalue weighted by molar-refractivity contribution is -0.138. The summed E-state index contributed by atoms with van der Waals surface area (Å²) in [5.41, 5.74) is 0. The van der Waals surface area contributed by atoms with Crippen molar-refractivity contribution in [1.29, 1.82) is 0 Å². The third-order valence-electron chi connectivity index (χ3n) is 3.06. The smallest absolute Gasteiger partial charge is 0.314 e. The summed E-state index contributed by atoms with van der Waals surface area (Å²) >= 11 is 0. The Kier molecular flexibility index (Phi) is 9.86. The van der Waals surface area contributed by atoms with Crippen molar-refractivity contribution < 1.29 is 14.7 Å². The molecule has 5 nitrogen and oxygen atoms in total. The van der Waals surface area contributed by atoms with E-state index in [4.69, 9.17) is 5.11 Å². The van der Waals surface area contributed by atoms with Gasteiger partial charge in [0.1, 0.15) is 0 Å². The molecule has 0 aromatic rings. The Morgan fingerprint density at radius 2 is 1.70 bits per heavy atom. The lowest BCUT2D eigenvalue weighted by atomic mass is 9.94. The SMILES string of the molecule is CC(C)CCCNC(=O)NC[C@H](CC(=O)O)CC(C)C. The van der Waals surface area contributed by atoms with E-state index in [2.05, 4.69) is 38.3 Å². The van der Waals surface area contributed by atoms with Gasteiger partial charge in [-0.15, -0.1) is 0 Å². The normalized spacial score (nSPS) is 12.5. The maximum Gasteiger partial charge on any atom is 0.314 e. The summed E-state index contributed by atoms with van der Waals surface area (Å²) in [7, 11) is 0. The molecule has 0 saturated carbocycles. The molecule has 3 N–H and O–H groups in total. The number of carboxylic acid groups (broad SMARTS) is 1. The Balaban J connectivity index is 3.89. The summed E-state index contributed by atoms with van der Waals surface area (Å²) < 4.78 is 0. The van der Waals surface area contributed by atoms with Crippen LogP contribution in [0.1, 0.15) is 53.4 Å². The molecule has 0 aliphatic rings. The minimum absolute atomic E-state index is 0.00564. The number of carbonyl (C=O) groups is 2. The van der Waals surface area contributed by atoms with Crippen LogP contribution in [0.15, 0.2) is 0 Å². The molecule has 0 aromatic carbocycles. The van der Waals surface area contributed by atoms with E-state index in [1.807, 2.05) is 0 Å². The standard InChI is InChI=1S/C15H30N2O3/c1-11(2)6-5-7-16-15(20)17-10-13(8-12(3)4)9-14(18)19/h11-13H,5-10H2,1-4H3,(H,18,19)(H2,16,17,20)/t13-/m0/s1. The number of urea groups is 1. The molecule has 1 atom stereocenters. The van der Waals surface area contributed by atoms with Crippen molar-refractivity contribution in [2.24, 2.45) is 17.8 Å². The molecule has 118 valence electrons.